The smallest absolute Gasteiger partial charge is 0.139 e. The topological polar surface area (TPSA) is 13.1 Å². The van der Waals surface area contributed by atoms with Crippen molar-refractivity contribution in [3.8, 4) is 27.9 Å². The van der Waals surface area contributed by atoms with Gasteiger partial charge < -0.3 is 4.57 Å². The molecule has 1 aliphatic rings. The van der Waals surface area contributed by atoms with E-state index < -0.39 is 8.22 Å². The van der Waals surface area contributed by atoms with E-state index in [2.05, 4.69) is 208 Å². The molecule has 8 aromatic carbocycles. The second-order valence-corrected chi connectivity index (χ2v) is 15.3. The lowest BCUT2D eigenvalue weighted by Crippen LogP contribution is -2.27. The van der Waals surface area contributed by atoms with Gasteiger partial charge in [0.25, 0.3) is 0 Å². The standard InChI is InChI=1S/C48H32N3P/c1-3-15-35(16-4-1)49-43-23-11-7-21-39(43)41-31-33(27-29-44(41)49)34-28-30-47-42(32-34)40-22-10-14-26-48(40)52(50(47)36-17-5-2-6-18-36)51-45-24-12-8-19-37(45)38-20-9-13-25-46(38)51/h1-32H. The highest BCUT2D eigenvalue weighted by Crippen LogP contribution is 2.59. The van der Waals surface area contributed by atoms with Crippen molar-refractivity contribution in [3.63, 3.8) is 0 Å². The van der Waals surface area contributed by atoms with Crippen LogP contribution in [0.15, 0.2) is 194 Å². The molecule has 1 aliphatic heterocycles. The van der Waals surface area contributed by atoms with Gasteiger partial charge in [0.15, 0.2) is 0 Å². The van der Waals surface area contributed by atoms with E-state index in [1.54, 1.807) is 0 Å². The summed E-state index contributed by atoms with van der Waals surface area (Å²) in [4.78, 5) is 0. The Morgan fingerprint density at radius 3 is 1.58 bits per heavy atom. The molecule has 0 fully saturated rings. The first-order valence-electron chi connectivity index (χ1n) is 17.8. The van der Waals surface area contributed by atoms with E-state index in [1.165, 1.54) is 88.2 Å². The Labute approximate surface area is 303 Å². The first-order chi connectivity index (χ1) is 25.8. The van der Waals surface area contributed by atoms with Crippen molar-refractivity contribution in [3.05, 3.63) is 194 Å². The van der Waals surface area contributed by atoms with Crippen LogP contribution in [-0.4, -0.2) is 8.90 Å². The van der Waals surface area contributed by atoms with Crippen LogP contribution >= 0.6 is 8.22 Å². The molecule has 0 saturated heterocycles. The second kappa shape index (κ2) is 11.6. The van der Waals surface area contributed by atoms with Crippen LogP contribution in [0, 0.1) is 0 Å². The summed E-state index contributed by atoms with van der Waals surface area (Å²) in [6.07, 6.45) is 0. The molecule has 1 atom stereocenters. The van der Waals surface area contributed by atoms with Gasteiger partial charge in [0.05, 0.1) is 27.8 Å². The van der Waals surface area contributed by atoms with E-state index in [4.69, 9.17) is 0 Å². The number of para-hydroxylation sites is 5. The van der Waals surface area contributed by atoms with Crippen molar-refractivity contribution in [2.75, 3.05) is 4.67 Å². The quantitative estimate of drug-likeness (QED) is 0.169. The fourth-order valence-electron chi connectivity index (χ4n) is 8.33. The number of fused-ring (bicyclic) bond motifs is 9. The lowest BCUT2D eigenvalue weighted by atomic mass is 9.96. The minimum atomic E-state index is -1.05. The van der Waals surface area contributed by atoms with Crippen molar-refractivity contribution in [1.29, 1.82) is 0 Å². The van der Waals surface area contributed by atoms with E-state index in [-0.39, 0.29) is 0 Å². The van der Waals surface area contributed by atoms with Crippen molar-refractivity contribution < 1.29 is 0 Å². The molecule has 52 heavy (non-hydrogen) atoms. The molecule has 0 N–H and O–H groups in total. The molecular weight excluding hydrogens is 650 g/mol. The summed E-state index contributed by atoms with van der Waals surface area (Å²) in [7, 11) is -1.05. The van der Waals surface area contributed by atoms with Crippen molar-refractivity contribution >= 4 is 68.5 Å². The van der Waals surface area contributed by atoms with Gasteiger partial charge in [-0.3, -0.25) is 9.01 Å². The molecule has 2 aromatic heterocycles. The maximum absolute atomic E-state index is 2.61. The SMILES string of the molecule is c1ccc(N2c3ccc(-c4ccc5c(c4)c4ccccc4n5-c4ccccc4)cc3-c3ccccc3P2n2c3ccccc3c3ccccc32)cc1. The van der Waals surface area contributed by atoms with Gasteiger partial charge in [-0.15, -0.1) is 0 Å². The maximum Gasteiger partial charge on any atom is 0.139 e. The number of aromatic nitrogens is 2. The van der Waals surface area contributed by atoms with Gasteiger partial charge in [0.2, 0.25) is 0 Å². The highest BCUT2D eigenvalue weighted by Gasteiger charge is 2.36. The summed E-state index contributed by atoms with van der Waals surface area (Å²) in [5, 5.41) is 6.45. The monoisotopic (exact) mass is 681 g/mol. The van der Waals surface area contributed by atoms with Gasteiger partial charge in [0, 0.05) is 43.8 Å². The van der Waals surface area contributed by atoms with Crippen LogP contribution in [0.5, 0.6) is 0 Å². The van der Waals surface area contributed by atoms with Gasteiger partial charge in [-0.1, -0.05) is 127 Å². The van der Waals surface area contributed by atoms with Crippen molar-refractivity contribution in [1.82, 2.24) is 8.90 Å². The molecule has 10 aromatic rings. The van der Waals surface area contributed by atoms with Crippen LogP contribution in [0.1, 0.15) is 0 Å². The molecule has 3 heterocycles. The molecule has 1 unspecified atom stereocenters. The minimum absolute atomic E-state index is 1.05. The normalized spacial score (nSPS) is 13.9. The number of nitrogens with zero attached hydrogens (tertiary/aromatic N) is 3. The molecule has 3 nitrogen and oxygen atoms in total. The predicted molar refractivity (Wildman–Crippen MR) is 222 cm³/mol. The van der Waals surface area contributed by atoms with Crippen molar-refractivity contribution in [2.24, 2.45) is 0 Å². The van der Waals surface area contributed by atoms with Crippen LogP contribution in [0.2, 0.25) is 0 Å². The Morgan fingerprint density at radius 2 is 0.865 bits per heavy atom. The largest absolute Gasteiger partial charge is 0.309 e. The van der Waals surface area contributed by atoms with E-state index in [0.717, 1.165) is 0 Å². The molecule has 0 saturated carbocycles. The zero-order chi connectivity index (χ0) is 34.2. The molecule has 0 spiro atoms. The molecule has 0 radical (unpaired) electrons. The third kappa shape index (κ3) is 4.30. The van der Waals surface area contributed by atoms with Gasteiger partial charge in [-0.05, 0) is 83.4 Å². The van der Waals surface area contributed by atoms with Crippen LogP contribution < -0.4 is 9.97 Å². The minimum Gasteiger partial charge on any atom is -0.309 e. The first-order valence-corrected chi connectivity index (χ1v) is 19.0. The van der Waals surface area contributed by atoms with Gasteiger partial charge in [0.1, 0.15) is 8.22 Å². The number of hydrogen-bond donors (Lipinski definition) is 0. The molecule has 0 amide bonds. The van der Waals surface area contributed by atoms with Crippen LogP contribution in [0.25, 0.3) is 71.6 Å². The van der Waals surface area contributed by atoms with E-state index in [1.807, 2.05) is 0 Å². The number of rotatable bonds is 4. The summed E-state index contributed by atoms with van der Waals surface area (Å²) < 4.78 is 7.59. The van der Waals surface area contributed by atoms with Gasteiger partial charge in [-0.2, -0.15) is 0 Å². The lowest BCUT2D eigenvalue weighted by molar-refractivity contribution is 1.18. The summed E-state index contributed by atoms with van der Waals surface area (Å²) in [6, 6.07) is 71.2. The number of benzene rings is 8. The lowest BCUT2D eigenvalue weighted by Gasteiger charge is -2.41. The molecule has 4 heteroatoms. The zero-order valence-electron chi connectivity index (χ0n) is 28.3. The fraction of sp³-hybridized carbons (Fsp3) is 0. The summed E-state index contributed by atoms with van der Waals surface area (Å²) in [5.74, 6) is 0. The second-order valence-electron chi connectivity index (χ2n) is 13.5. The highest BCUT2D eigenvalue weighted by atomic mass is 31.1. The number of anilines is 2. The van der Waals surface area contributed by atoms with Gasteiger partial charge >= 0.3 is 0 Å². The molecule has 0 aliphatic carbocycles. The Balaban J connectivity index is 1.14. The third-order valence-electron chi connectivity index (χ3n) is 10.6. The first kappa shape index (κ1) is 29.3. The predicted octanol–water partition coefficient (Wildman–Crippen LogP) is 12.9. The van der Waals surface area contributed by atoms with Crippen LogP contribution in [0.3, 0.4) is 0 Å². The van der Waals surface area contributed by atoms with E-state index >= 15 is 0 Å². The Morgan fingerprint density at radius 1 is 0.346 bits per heavy atom. The van der Waals surface area contributed by atoms with E-state index in [9.17, 15) is 0 Å². The average molecular weight is 682 g/mol. The van der Waals surface area contributed by atoms with Gasteiger partial charge in [-0.25, -0.2) is 0 Å². The maximum atomic E-state index is 2.61. The summed E-state index contributed by atoms with van der Waals surface area (Å²) in [5.41, 5.74) is 13.5. The summed E-state index contributed by atoms with van der Waals surface area (Å²) >= 11 is 0. The fourth-order valence-corrected chi connectivity index (χ4v) is 11.1. The zero-order valence-corrected chi connectivity index (χ0v) is 29.2. The van der Waals surface area contributed by atoms with Crippen LogP contribution in [-0.2, 0) is 0 Å². The Kier molecular flexibility index (Phi) is 6.52. The summed E-state index contributed by atoms with van der Waals surface area (Å²) in [6.45, 7) is 0. The highest BCUT2D eigenvalue weighted by molar-refractivity contribution is 7.67. The molecule has 11 rings (SSSR count). The van der Waals surface area contributed by atoms with Crippen molar-refractivity contribution in [2.45, 2.75) is 0 Å². The third-order valence-corrected chi connectivity index (χ3v) is 13.0. The number of hydrogen-bond acceptors (Lipinski definition) is 1. The molecule has 244 valence electrons. The Hall–Kier alpha value is -6.41. The molecule has 0 bridgehead atoms. The van der Waals surface area contributed by atoms with Crippen LogP contribution in [0.4, 0.5) is 11.4 Å². The van der Waals surface area contributed by atoms with E-state index in [0.29, 0.717) is 0 Å². The molecular formula is C48H32N3P. The average Bonchev–Trinajstić information content (AvgIpc) is 3.73. The Bertz CT molecular complexity index is 2920.